The molecule has 0 aliphatic heterocycles. The van der Waals surface area contributed by atoms with Crippen molar-refractivity contribution >= 4 is 0 Å². The van der Waals surface area contributed by atoms with Crippen molar-refractivity contribution in [3.8, 4) is 23.7 Å². The first-order valence-electron chi connectivity index (χ1n) is 5.01. The van der Waals surface area contributed by atoms with Crippen molar-refractivity contribution in [1.82, 2.24) is 0 Å². The van der Waals surface area contributed by atoms with Gasteiger partial charge in [-0.05, 0) is 12.1 Å². The van der Waals surface area contributed by atoms with Crippen molar-refractivity contribution < 1.29 is 4.74 Å². The Bertz CT molecular complexity index is 384. The fraction of sp³-hybridized carbons (Fsp3) is 0.286. The molecule has 1 heteroatoms. The van der Waals surface area contributed by atoms with E-state index < -0.39 is 0 Å². The van der Waals surface area contributed by atoms with Gasteiger partial charge in [-0.25, -0.2) is 0 Å². The third kappa shape index (κ3) is 5.57. The van der Waals surface area contributed by atoms with Crippen LogP contribution in [0.5, 0.6) is 0 Å². The van der Waals surface area contributed by atoms with E-state index in [2.05, 4.69) is 23.7 Å². The summed E-state index contributed by atoms with van der Waals surface area (Å²) in [5.41, 5.74) is 1.01. The van der Waals surface area contributed by atoms with Gasteiger partial charge in [0.25, 0.3) is 0 Å². The maximum Gasteiger partial charge on any atom is 0.109 e. The maximum atomic E-state index is 5.21. The molecule has 0 heterocycles. The van der Waals surface area contributed by atoms with Gasteiger partial charge in [-0.15, -0.1) is 5.92 Å². The highest BCUT2D eigenvalue weighted by Gasteiger charge is 1.81. The van der Waals surface area contributed by atoms with Gasteiger partial charge in [0.15, 0.2) is 0 Å². The highest BCUT2D eigenvalue weighted by Crippen LogP contribution is 1.94. The topological polar surface area (TPSA) is 9.23 Å². The molecule has 15 heavy (non-hydrogen) atoms. The van der Waals surface area contributed by atoms with Crippen LogP contribution in [0.25, 0.3) is 0 Å². The molecular formula is C14H14O. The van der Waals surface area contributed by atoms with E-state index in [1.807, 2.05) is 37.3 Å². The van der Waals surface area contributed by atoms with Gasteiger partial charge in [0.2, 0.25) is 0 Å². The Hall–Kier alpha value is -1.70. The van der Waals surface area contributed by atoms with Crippen molar-refractivity contribution in [2.45, 2.75) is 13.3 Å². The molecule has 1 rings (SSSR count). The molecule has 0 aliphatic rings. The van der Waals surface area contributed by atoms with E-state index in [-0.39, 0.29) is 0 Å². The van der Waals surface area contributed by atoms with Gasteiger partial charge in [0, 0.05) is 12.0 Å². The molecule has 0 N–H and O–H groups in total. The third-order valence-corrected chi connectivity index (χ3v) is 1.66. The van der Waals surface area contributed by atoms with Crippen molar-refractivity contribution in [1.29, 1.82) is 0 Å². The quantitative estimate of drug-likeness (QED) is 0.524. The standard InChI is InChI=1S/C14H14O/c1-2-3-7-12-15-13-8-11-14-9-5-4-6-10-14/h4-6,9-10H,2,12-13H2,1H3. The van der Waals surface area contributed by atoms with Gasteiger partial charge in [-0.1, -0.05) is 42.9 Å². The average Bonchev–Trinajstić information content (AvgIpc) is 2.29. The first-order valence-corrected chi connectivity index (χ1v) is 5.01. The Morgan fingerprint density at radius 2 is 1.73 bits per heavy atom. The molecule has 0 radical (unpaired) electrons. The Morgan fingerprint density at radius 3 is 2.47 bits per heavy atom. The molecule has 0 fully saturated rings. The molecular weight excluding hydrogens is 184 g/mol. The number of hydrogen-bond acceptors (Lipinski definition) is 1. The smallest absolute Gasteiger partial charge is 0.109 e. The molecule has 0 aliphatic carbocycles. The zero-order valence-corrected chi connectivity index (χ0v) is 8.92. The van der Waals surface area contributed by atoms with Crippen molar-refractivity contribution in [3.63, 3.8) is 0 Å². The van der Waals surface area contributed by atoms with Gasteiger partial charge in [0.05, 0.1) is 0 Å². The fourth-order valence-electron chi connectivity index (χ4n) is 0.989. The summed E-state index contributed by atoms with van der Waals surface area (Å²) in [5, 5.41) is 0. The van der Waals surface area contributed by atoms with Crippen LogP contribution < -0.4 is 0 Å². The normalized spacial score (nSPS) is 8.33. The molecule has 0 spiro atoms. The summed E-state index contributed by atoms with van der Waals surface area (Å²) < 4.78 is 5.21. The molecule has 1 nitrogen and oxygen atoms in total. The van der Waals surface area contributed by atoms with Gasteiger partial charge >= 0.3 is 0 Å². The summed E-state index contributed by atoms with van der Waals surface area (Å²) >= 11 is 0. The lowest BCUT2D eigenvalue weighted by Gasteiger charge is -1.90. The van der Waals surface area contributed by atoms with Crippen LogP contribution in [0.3, 0.4) is 0 Å². The largest absolute Gasteiger partial charge is 0.356 e. The minimum absolute atomic E-state index is 0.438. The Kier molecular flexibility index (Phi) is 5.82. The summed E-state index contributed by atoms with van der Waals surface area (Å²) in [4.78, 5) is 0. The number of hydrogen-bond donors (Lipinski definition) is 0. The summed E-state index contributed by atoms with van der Waals surface area (Å²) in [6.45, 7) is 2.92. The van der Waals surface area contributed by atoms with Gasteiger partial charge in [-0.3, -0.25) is 0 Å². The first-order chi connectivity index (χ1) is 7.43. The van der Waals surface area contributed by atoms with Crippen molar-refractivity contribution in [3.05, 3.63) is 35.9 Å². The molecule has 0 bridgehead atoms. The second-order valence-corrected chi connectivity index (χ2v) is 2.87. The van der Waals surface area contributed by atoms with Crippen LogP contribution in [0.15, 0.2) is 30.3 Å². The molecule has 1 aromatic carbocycles. The highest BCUT2D eigenvalue weighted by atomic mass is 16.5. The molecule has 0 saturated heterocycles. The molecule has 0 amide bonds. The SMILES string of the molecule is CCC#CCOCC#Cc1ccccc1. The molecule has 0 saturated carbocycles. The van der Waals surface area contributed by atoms with Crippen LogP contribution in [-0.4, -0.2) is 13.2 Å². The van der Waals surface area contributed by atoms with Crippen LogP contribution in [0.1, 0.15) is 18.9 Å². The zero-order chi connectivity index (χ0) is 10.8. The lowest BCUT2D eigenvalue weighted by molar-refractivity contribution is 0.204. The molecule has 76 valence electrons. The summed E-state index contributed by atoms with van der Waals surface area (Å²) in [5.74, 6) is 11.8. The Labute approximate surface area is 91.5 Å². The number of rotatable bonds is 2. The van der Waals surface area contributed by atoms with E-state index in [1.54, 1.807) is 0 Å². The van der Waals surface area contributed by atoms with E-state index >= 15 is 0 Å². The third-order valence-electron chi connectivity index (χ3n) is 1.66. The van der Waals surface area contributed by atoms with Crippen molar-refractivity contribution in [2.75, 3.05) is 13.2 Å². The van der Waals surface area contributed by atoms with E-state index in [0.717, 1.165) is 12.0 Å². The van der Waals surface area contributed by atoms with E-state index in [1.165, 1.54) is 0 Å². The van der Waals surface area contributed by atoms with E-state index in [9.17, 15) is 0 Å². The van der Waals surface area contributed by atoms with Gasteiger partial charge < -0.3 is 4.74 Å². The van der Waals surface area contributed by atoms with Crippen LogP contribution in [0, 0.1) is 23.7 Å². The molecule has 1 aromatic rings. The zero-order valence-electron chi connectivity index (χ0n) is 8.92. The highest BCUT2D eigenvalue weighted by molar-refractivity contribution is 5.33. The Morgan fingerprint density at radius 1 is 1.00 bits per heavy atom. The van der Waals surface area contributed by atoms with Crippen LogP contribution in [0.2, 0.25) is 0 Å². The molecule has 0 unspecified atom stereocenters. The minimum atomic E-state index is 0.438. The van der Waals surface area contributed by atoms with Crippen molar-refractivity contribution in [2.24, 2.45) is 0 Å². The van der Waals surface area contributed by atoms with Gasteiger partial charge in [0.1, 0.15) is 13.2 Å². The summed E-state index contributed by atoms with van der Waals surface area (Å²) in [6, 6.07) is 9.87. The summed E-state index contributed by atoms with van der Waals surface area (Å²) in [7, 11) is 0. The average molecular weight is 198 g/mol. The second kappa shape index (κ2) is 7.68. The monoisotopic (exact) mass is 198 g/mol. The maximum absolute atomic E-state index is 5.21. The van der Waals surface area contributed by atoms with Crippen LogP contribution in [0.4, 0.5) is 0 Å². The fourth-order valence-corrected chi connectivity index (χ4v) is 0.989. The van der Waals surface area contributed by atoms with E-state index in [0.29, 0.717) is 13.2 Å². The predicted octanol–water partition coefficient (Wildman–Crippen LogP) is 2.47. The molecule has 0 atom stereocenters. The van der Waals surface area contributed by atoms with Crippen LogP contribution in [-0.2, 0) is 4.74 Å². The number of ether oxygens (including phenoxy) is 1. The second-order valence-electron chi connectivity index (χ2n) is 2.87. The van der Waals surface area contributed by atoms with E-state index in [4.69, 9.17) is 4.74 Å². The lowest BCUT2D eigenvalue weighted by Crippen LogP contribution is -1.91. The van der Waals surface area contributed by atoms with Crippen LogP contribution >= 0.6 is 0 Å². The molecule has 0 aromatic heterocycles. The minimum Gasteiger partial charge on any atom is -0.356 e. The first kappa shape index (κ1) is 11.4. The number of benzene rings is 1. The lowest BCUT2D eigenvalue weighted by atomic mass is 10.2. The summed E-state index contributed by atoms with van der Waals surface area (Å²) in [6.07, 6.45) is 0.874. The predicted molar refractivity (Wildman–Crippen MR) is 62.2 cm³/mol. The Balaban J connectivity index is 2.23. The van der Waals surface area contributed by atoms with Gasteiger partial charge in [-0.2, -0.15) is 0 Å².